The van der Waals surface area contributed by atoms with E-state index in [1.165, 1.54) is 5.57 Å². The first-order chi connectivity index (χ1) is 6.24. The van der Waals surface area contributed by atoms with Gasteiger partial charge in [0.05, 0.1) is 0 Å². The number of urea groups is 1. The average molecular weight is 182 g/mol. The summed E-state index contributed by atoms with van der Waals surface area (Å²) in [5.74, 6) is 0. The maximum absolute atomic E-state index is 11.4. The van der Waals surface area contributed by atoms with Gasteiger partial charge in [-0.05, 0) is 26.2 Å². The van der Waals surface area contributed by atoms with E-state index in [9.17, 15) is 4.79 Å². The second-order valence-corrected chi connectivity index (χ2v) is 3.49. The van der Waals surface area contributed by atoms with Gasteiger partial charge in [-0.25, -0.2) is 4.79 Å². The maximum Gasteiger partial charge on any atom is 0.321 e. The van der Waals surface area contributed by atoms with Gasteiger partial charge >= 0.3 is 6.03 Å². The van der Waals surface area contributed by atoms with Crippen molar-refractivity contribution in [3.63, 3.8) is 0 Å². The fraction of sp³-hybridized carbons (Fsp3) is 0.700. The van der Waals surface area contributed by atoms with Crippen molar-refractivity contribution in [1.29, 1.82) is 0 Å². The van der Waals surface area contributed by atoms with E-state index in [2.05, 4.69) is 12.2 Å². The Labute approximate surface area is 79.8 Å². The third-order valence-corrected chi connectivity index (χ3v) is 2.39. The summed E-state index contributed by atoms with van der Waals surface area (Å²) in [5, 5.41) is 2.80. The number of carbonyl (C=O) groups excluding carboxylic acids is 1. The SMILES string of the molecule is CC/C(C)=C/NC(=O)N1CCCC1. The number of nitrogens with zero attached hydrogens (tertiary/aromatic N) is 1. The van der Waals surface area contributed by atoms with Gasteiger partial charge < -0.3 is 10.2 Å². The van der Waals surface area contributed by atoms with Crippen LogP contribution in [0.1, 0.15) is 33.1 Å². The van der Waals surface area contributed by atoms with Crippen LogP contribution in [-0.2, 0) is 0 Å². The smallest absolute Gasteiger partial charge is 0.321 e. The molecule has 1 saturated heterocycles. The summed E-state index contributed by atoms with van der Waals surface area (Å²) in [6.45, 7) is 5.91. The molecule has 1 aliphatic rings. The first-order valence-corrected chi connectivity index (χ1v) is 4.95. The largest absolute Gasteiger partial charge is 0.325 e. The molecule has 1 aliphatic heterocycles. The van der Waals surface area contributed by atoms with E-state index in [0.717, 1.165) is 32.4 Å². The van der Waals surface area contributed by atoms with Gasteiger partial charge in [0.15, 0.2) is 0 Å². The van der Waals surface area contributed by atoms with Crippen LogP contribution in [0.2, 0.25) is 0 Å². The highest BCUT2D eigenvalue weighted by Gasteiger charge is 2.16. The first-order valence-electron chi connectivity index (χ1n) is 4.95. The summed E-state index contributed by atoms with van der Waals surface area (Å²) in [6, 6.07) is 0.0466. The number of nitrogens with one attached hydrogen (secondary N) is 1. The van der Waals surface area contributed by atoms with Gasteiger partial charge in [-0.1, -0.05) is 12.5 Å². The van der Waals surface area contributed by atoms with Crippen molar-refractivity contribution >= 4 is 6.03 Å². The van der Waals surface area contributed by atoms with Crippen LogP contribution < -0.4 is 5.32 Å². The third kappa shape index (κ3) is 3.09. The van der Waals surface area contributed by atoms with Crippen LogP contribution in [-0.4, -0.2) is 24.0 Å². The number of hydrogen-bond acceptors (Lipinski definition) is 1. The van der Waals surface area contributed by atoms with Crippen LogP contribution in [0.4, 0.5) is 4.79 Å². The zero-order chi connectivity index (χ0) is 9.68. The second-order valence-electron chi connectivity index (χ2n) is 3.49. The van der Waals surface area contributed by atoms with Gasteiger partial charge in [-0.15, -0.1) is 0 Å². The first kappa shape index (κ1) is 10.1. The molecule has 1 fully saturated rings. The van der Waals surface area contributed by atoms with Crippen molar-refractivity contribution in [3.8, 4) is 0 Å². The normalized spacial score (nSPS) is 17.7. The van der Waals surface area contributed by atoms with E-state index in [4.69, 9.17) is 0 Å². The molecule has 2 amide bonds. The fourth-order valence-electron chi connectivity index (χ4n) is 1.30. The molecule has 0 radical (unpaired) electrons. The standard InChI is InChI=1S/C10H18N2O/c1-3-9(2)8-11-10(13)12-6-4-5-7-12/h8H,3-7H2,1-2H3,(H,11,13)/b9-8+. The van der Waals surface area contributed by atoms with Crippen molar-refractivity contribution in [2.75, 3.05) is 13.1 Å². The molecule has 1 N–H and O–H groups in total. The number of rotatable bonds is 2. The lowest BCUT2D eigenvalue weighted by Crippen LogP contribution is -2.35. The van der Waals surface area contributed by atoms with Crippen LogP contribution in [0.3, 0.4) is 0 Å². The van der Waals surface area contributed by atoms with Gasteiger partial charge in [0.1, 0.15) is 0 Å². The van der Waals surface area contributed by atoms with Crippen LogP contribution in [0, 0.1) is 0 Å². The lowest BCUT2D eigenvalue weighted by Gasteiger charge is -2.14. The zero-order valence-corrected chi connectivity index (χ0v) is 8.47. The van der Waals surface area contributed by atoms with Crippen molar-refractivity contribution in [1.82, 2.24) is 10.2 Å². The van der Waals surface area contributed by atoms with Crippen molar-refractivity contribution in [3.05, 3.63) is 11.8 Å². The highest BCUT2D eigenvalue weighted by Crippen LogP contribution is 2.07. The van der Waals surface area contributed by atoms with Gasteiger partial charge in [0.25, 0.3) is 0 Å². The van der Waals surface area contributed by atoms with Crippen molar-refractivity contribution in [2.24, 2.45) is 0 Å². The summed E-state index contributed by atoms with van der Waals surface area (Å²) in [5.41, 5.74) is 1.20. The Bertz CT molecular complexity index is 205. The number of hydrogen-bond donors (Lipinski definition) is 1. The van der Waals surface area contributed by atoms with E-state index >= 15 is 0 Å². The second kappa shape index (κ2) is 4.90. The van der Waals surface area contributed by atoms with E-state index in [1.807, 2.05) is 11.8 Å². The van der Waals surface area contributed by atoms with Gasteiger partial charge in [-0.3, -0.25) is 0 Å². The lowest BCUT2D eigenvalue weighted by atomic mass is 10.3. The van der Waals surface area contributed by atoms with Crippen LogP contribution in [0.25, 0.3) is 0 Å². The summed E-state index contributed by atoms with van der Waals surface area (Å²) in [7, 11) is 0. The minimum Gasteiger partial charge on any atom is -0.325 e. The zero-order valence-electron chi connectivity index (χ0n) is 8.47. The van der Waals surface area contributed by atoms with Gasteiger partial charge in [-0.2, -0.15) is 0 Å². The molecule has 74 valence electrons. The summed E-state index contributed by atoms with van der Waals surface area (Å²) >= 11 is 0. The topological polar surface area (TPSA) is 32.3 Å². The molecule has 0 atom stereocenters. The maximum atomic E-state index is 11.4. The average Bonchev–Trinajstić information content (AvgIpc) is 2.66. The Morgan fingerprint density at radius 1 is 1.46 bits per heavy atom. The molecule has 3 nitrogen and oxygen atoms in total. The Morgan fingerprint density at radius 3 is 2.62 bits per heavy atom. The number of carbonyl (C=O) groups is 1. The highest BCUT2D eigenvalue weighted by molar-refractivity contribution is 5.75. The molecular formula is C10H18N2O. The summed E-state index contributed by atoms with van der Waals surface area (Å²) < 4.78 is 0. The third-order valence-electron chi connectivity index (χ3n) is 2.39. The molecule has 0 aromatic carbocycles. The van der Waals surface area contributed by atoms with Gasteiger partial charge in [0.2, 0.25) is 0 Å². The molecule has 0 saturated carbocycles. The molecule has 1 heterocycles. The molecule has 0 bridgehead atoms. The van der Waals surface area contributed by atoms with Crippen molar-refractivity contribution in [2.45, 2.75) is 33.1 Å². The highest BCUT2D eigenvalue weighted by atomic mass is 16.2. The van der Waals surface area contributed by atoms with E-state index in [0.29, 0.717) is 0 Å². The minimum absolute atomic E-state index is 0.0466. The Kier molecular flexibility index (Phi) is 3.80. The number of likely N-dealkylation sites (tertiary alicyclic amines) is 1. The Balaban J connectivity index is 2.32. The lowest BCUT2D eigenvalue weighted by molar-refractivity contribution is 0.212. The van der Waals surface area contributed by atoms with Crippen LogP contribution in [0.5, 0.6) is 0 Å². The quantitative estimate of drug-likeness (QED) is 0.697. The van der Waals surface area contributed by atoms with Crippen LogP contribution in [0.15, 0.2) is 11.8 Å². The summed E-state index contributed by atoms with van der Waals surface area (Å²) in [6.07, 6.45) is 5.08. The predicted octanol–water partition coefficient (Wildman–Crippen LogP) is 2.11. The molecular weight excluding hydrogens is 164 g/mol. The van der Waals surface area contributed by atoms with Crippen LogP contribution >= 0.6 is 0 Å². The predicted molar refractivity (Wildman–Crippen MR) is 53.4 cm³/mol. The molecule has 0 unspecified atom stereocenters. The van der Waals surface area contributed by atoms with Crippen molar-refractivity contribution < 1.29 is 4.79 Å². The van der Waals surface area contributed by atoms with E-state index < -0.39 is 0 Å². The molecule has 3 heteroatoms. The molecule has 0 aromatic heterocycles. The molecule has 0 aliphatic carbocycles. The Morgan fingerprint density at radius 2 is 2.08 bits per heavy atom. The van der Waals surface area contributed by atoms with Gasteiger partial charge in [0, 0.05) is 19.3 Å². The Hall–Kier alpha value is -0.990. The summed E-state index contributed by atoms with van der Waals surface area (Å²) in [4.78, 5) is 13.3. The minimum atomic E-state index is 0.0466. The number of allylic oxidation sites excluding steroid dienone is 1. The molecule has 0 aromatic rings. The molecule has 1 rings (SSSR count). The molecule has 0 spiro atoms. The fourth-order valence-corrected chi connectivity index (χ4v) is 1.30. The van der Waals surface area contributed by atoms with E-state index in [1.54, 1.807) is 6.20 Å². The molecule has 13 heavy (non-hydrogen) atoms. The monoisotopic (exact) mass is 182 g/mol. The van der Waals surface area contributed by atoms with E-state index in [-0.39, 0.29) is 6.03 Å². The number of amides is 2.